The molecule has 2 unspecified atom stereocenters. The van der Waals surface area contributed by atoms with Crippen LogP contribution < -0.4 is 0 Å². The predicted octanol–water partition coefficient (Wildman–Crippen LogP) is 18.4. The average Bonchev–Trinajstić information content (AvgIpc) is 3.47. The number of phosphoric ester groups is 2. The lowest BCUT2D eigenvalue weighted by Gasteiger charge is -2.21. The van der Waals surface area contributed by atoms with Gasteiger partial charge in [-0.15, -0.1) is 0 Å². The fourth-order valence-electron chi connectivity index (χ4n) is 9.88. The maximum atomic E-state index is 13.0. The summed E-state index contributed by atoms with van der Waals surface area (Å²) >= 11 is 0. The van der Waals surface area contributed by atoms with Crippen molar-refractivity contribution >= 4 is 39.5 Å². The topological polar surface area (TPSA) is 237 Å². The molecular formula is C66H128O17P2. The molecule has 0 bridgehead atoms. The van der Waals surface area contributed by atoms with Gasteiger partial charge in [-0.1, -0.05) is 279 Å². The molecule has 19 heteroatoms. The first-order chi connectivity index (χ1) is 40.9. The Bertz CT molecular complexity index is 1670. The molecule has 5 atom stereocenters. The number of aliphatic hydroxyl groups excluding tert-OH is 1. The van der Waals surface area contributed by atoms with Crippen molar-refractivity contribution in [3.05, 3.63) is 0 Å². The first-order valence-corrected chi connectivity index (χ1v) is 37.5. The summed E-state index contributed by atoms with van der Waals surface area (Å²) < 4.78 is 67.9. The van der Waals surface area contributed by atoms with E-state index in [1.807, 2.05) is 0 Å². The summed E-state index contributed by atoms with van der Waals surface area (Å²) in [4.78, 5) is 72.0. The van der Waals surface area contributed by atoms with Gasteiger partial charge in [0.05, 0.1) is 26.4 Å². The van der Waals surface area contributed by atoms with Crippen LogP contribution >= 0.6 is 15.6 Å². The molecule has 0 aromatic heterocycles. The van der Waals surface area contributed by atoms with E-state index in [9.17, 15) is 43.2 Å². The van der Waals surface area contributed by atoms with Gasteiger partial charge in [0.15, 0.2) is 12.2 Å². The number of rotatable bonds is 65. The highest BCUT2D eigenvalue weighted by molar-refractivity contribution is 7.47. The van der Waals surface area contributed by atoms with Gasteiger partial charge in [0.1, 0.15) is 19.3 Å². The highest BCUT2D eigenvalue weighted by Gasteiger charge is 2.30. The molecule has 3 N–H and O–H groups in total. The van der Waals surface area contributed by atoms with Crippen LogP contribution in [0.5, 0.6) is 0 Å². The van der Waals surface area contributed by atoms with Crippen LogP contribution in [0, 0.1) is 11.8 Å². The van der Waals surface area contributed by atoms with E-state index >= 15 is 0 Å². The zero-order chi connectivity index (χ0) is 62.9. The molecule has 0 aliphatic heterocycles. The number of carbonyl (C=O) groups is 4. The molecule has 0 aliphatic rings. The quantitative estimate of drug-likeness (QED) is 0.0222. The number of phosphoric acid groups is 2. The maximum absolute atomic E-state index is 13.0. The van der Waals surface area contributed by atoms with Crippen molar-refractivity contribution in [2.75, 3.05) is 39.6 Å². The molecule has 0 aromatic rings. The first-order valence-electron chi connectivity index (χ1n) is 34.5. The fraction of sp³-hybridized carbons (Fsp3) is 0.939. The number of ether oxygens (including phenoxy) is 4. The Balaban J connectivity index is 5.16. The van der Waals surface area contributed by atoms with Crippen molar-refractivity contribution in [1.29, 1.82) is 0 Å². The number of unbranched alkanes of at least 4 members (excludes halogenated alkanes) is 35. The lowest BCUT2D eigenvalue weighted by Crippen LogP contribution is -2.30. The third-order valence-corrected chi connectivity index (χ3v) is 17.1. The molecular weight excluding hydrogens is 1130 g/mol. The molecule has 0 aromatic carbocycles. The standard InChI is InChI=1S/C66H128O17P2/c1-7-9-11-13-14-24-32-38-44-50-65(70)82-61(54-76-63(68)48-42-34-12-10-8-2)56-80-84(72,73)78-52-60(67)53-79-85(74,75)81-57-62(55-77-64(69)49-43-37-31-27-22-19-18-21-26-30-36-41-47-59(5)6)83-66(71)51-45-39-33-28-23-17-15-16-20-25-29-35-40-46-58(3)4/h58-62,67H,7-57H2,1-6H3,(H,72,73)(H,74,75)/t60-,61+,62+/m0/s1. The average molecular weight is 1260 g/mol. The van der Waals surface area contributed by atoms with E-state index in [4.69, 9.17) is 37.0 Å². The van der Waals surface area contributed by atoms with Crippen LogP contribution in [0.1, 0.15) is 330 Å². The predicted molar refractivity (Wildman–Crippen MR) is 340 cm³/mol. The van der Waals surface area contributed by atoms with Gasteiger partial charge in [-0.2, -0.15) is 0 Å². The van der Waals surface area contributed by atoms with Crippen molar-refractivity contribution in [3.8, 4) is 0 Å². The van der Waals surface area contributed by atoms with Gasteiger partial charge in [-0.3, -0.25) is 37.3 Å². The van der Waals surface area contributed by atoms with Gasteiger partial charge in [0.2, 0.25) is 0 Å². The first kappa shape index (κ1) is 83.1. The summed E-state index contributed by atoms with van der Waals surface area (Å²) in [6, 6.07) is 0. The van der Waals surface area contributed by atoms with E-state index in [1.54, 1.807) is 0 Å². The van der Waals surface area contributed by atoms with Crippen LogP contribution in [0.25, 0.3) is 0 Å². The summed E-state index contributed by atoms with van der Waals surface area (Å²) in [7, 11) is -9.88. The molecule has 85 heavy (non-hydrogen) atoms. The summed E-state index contributed by atoms with van der Waals surface area (Å²) in [6.07, 6.45) is 42.0. The van der Waals surface area contributed by atoms with Crippen molar-refractivity contribution < 1.29 is 80.2 Å². The Kier molecular flexibility index (Phi) is 57.1. The van der Waals surface area contributed by atoms with E-state index in [0.29, 0.717) is 25.7 Å². The van der Waals surface area contributed by atoms with Crippen molar-refractivity contribution in [3.63, 3.8) is 0 Å². The molecule has 0 saturated carbocycles. The second kappa shape index (κ2) is 58.4. The summed E-state index contributed by atoms with van der Waals surface area (Å²) in [6.45, 7) is 9.44. The molecule has 0 fully saturated rings. The van der Waals surface area contributed by atoms with Gasteiger partial charge in [-0.05, 0) is 37.5 Å². The monoisotopic (exact) mass is 1250 g/mol. The Morgan fingerprint density at radius 2 is 0.541 bits per heavy atom. The van der Waals surface area contributed by atoms with Crippen LogP contribution in [-0.2, 0) is 65.4 Å². The van der Waals surface area contributed by atoms with Crippen LogP contribution in [0.3, 0.4) is 0 Å². The van der Waals surface area contributed by atoms with E-state index in [1.165, 1.54) is 141 Å². The summed E-state index contributed by atoms with van der Waals surface area (Å²) in [5, 5.41) is 10.5. The SMILES string of the molecule is CCCCCCCCCCCC(=O)O[C@H](COC(=O)CCCCCCC)COP(=O)(O)OC[C@H](O)COP(=O)(O)OC[C@@H](COC(=O)CCCCCCCCCCCCCCC(C)C)OC(=O)CCCCCCCCCCCCCCCC(C)C. The van der Waals surface area contributed by atoms with E-state index in [2.05, 4.69) is 41.5 Å². The largest absolute Gasteiger partial charge is 0.472 e. The maximum Gasteiger partial charge on any atom is 0.472 e. The van der Waals surface area contributed by atoms with E-state index < -0.39 is 97.5 Å². The fourth-order valence-corrected chi connectivity index (χ4v) is 11.5. The number of esters is 4. The van der Waals surface area contributed by atoms with Crippen LogP contribution in [-0.4, -0.2) is 96.7 Å². The highest BCUT2D eigenvalue weighted by Crippen LogP contribution is 2.45. The Labute approximate surface area is 517 Å². The Morgan fingerprint density at radius 3 is 0.800 bits per heavy atom. The summed E-state index contributed by atoms with van der Waals surface area (Å²) in [5.74, 6) is -0.573. The smallest absolute Gasteiger partial charge is 0.462 e. The van der Waals surface area contributed by atoms with Gasteiger partial charge in [-0.25, -0.2) is 9.13 Å². The number of hydrogen-bond donors (Lipinski definition) is 3. The number of hydrogen-bond acceptors (Lipinski definition) is 15. The van der Waals surface area contributed by atoms with Crippen molar-refractivity contribution in [2.45, 2.75) is 349 Å². The normalized spacial score (nSPS) is 14.2. The highest BCUT2D eigenvalue weighted by atomic mass is 31.2. The third-order valence-electron chi connectivity index (χ3n) is 15.2. The molecule has 0 spiro atoms. The molecule has 0 radical (unpaired) electrons. The Hall–Kier alpha value is -1.94. The zero-order valence-electron chi connectivity index (χ0n) is 54.9. The number of aliphatic hydroxyl groups is 1. The van der Waals surface area contributed by atoms with Crippen molar-refractivity contribution in [2.24, 2.45) is 11.8 Å². The third kappa shape index (κ3) is 60.7. The lowest BCUT2D eigenvalue weighted by atomic mass is 10.0. The van der Waals surface area contributed by atoms with Crippen LogP contribution in [0.4, 0.5) is 0 Å². The molecule has 17 nitrogen and oxygen atoms in total. The second-order valence-electron chi connectivity index (χ2n) is 24.8. The molecule has 0 amide bonds. The lowest BCUT2D eigenvalue weighted by molar-refractivity contribution is -0.161. The van der Waals surface area contributed by atoms with Crippen molar-refractivity contribution in [1.82, 2.24) is 0 Å². The van der Waals surface area contributed by atoms with Gasteiger partial charge in [0.25, 0.3) is 0 Å². The Morgan fingerprint density at radius 1 is 0.318 bits per heavy atom. The number of carbonyl (C=O) groups excluding carboxylic acids is 4. The molecule has 0 rings (SSSR count). The minimum atomic E-state index is -4.95. The van der Waals surface area contributed by atoms with E-state index in [-0.39, 0.29) is 25.7 Å². The van der Waals surface area contributed by atoms with Gasteiger partial charge >= 0.3 is 39.5 Å². The minimum absolute atomic E-state index is 0.105. The molecule has 0 saturated heterocycles. The second-order valence-corrected chi connectivity index (χ2v) is 27.7. The van der Waals surface area contributed by atoms with Gasteiger partial charge in [0, 0.05) is 25.7 Å². The zero-order valence-corrected chi connectivity index (χ0v) is 56.7. The minimum Gasteiger partial charge on any atom is -0.462 e. The van der Waals surface area contributed by atoms with Gasteiger partial charge < -0.3 is 33.8 Å². The molecule has 0 heterocycles. The molecule has 0 aliphatic carbocycles. The van der Waals surface area contributed by atoms with Crippen LogP contribution in [0.15, 0.2) is 0 Å². The summed E-state index contributed by atoms with van der Waals surface area (Å²) in [5.41, 5.74) is 0. The van der Waals surface area contributed by atoms with Crippen LogP contribution in [0.2, 0.25) is 0 Å². The molecule has 504 valence electrons. The van der Waals surface area contributed by atoms with E-state index in [0.717, 1.165) is 108 Å².